The third-order valence-corrected chi connectivity index (χ3v) is 2.80. The van der Waals surface area contributed by atoms with E-state index in [-0.39, 0.29) is 12.5 Å². The van der Waals surface area contributed by atoms with Crippen molar-refractivity contribution in [2.24, 2.45) is 0 Å². The van der Waals surface area contributed by atoms with Crippen LogP contribution in [-0.4, -0.2) is 57.2 Å². The summed E-state index contributed by atoms with van der Waals surface area (Å²) in [5.74, 6) is 0.00249. The number of carbonyl (C=O) groups is 1. The van der Waals surface area contributed by atoms with Gasteiger partial charge in [-0.2, -0.15) is 0 Å². The zero-order valence-electron chi connectivity index (χ0n) is 9.74. The molecule has 1 atom stereocenters. The van der Waals surface area contributed by atoms with Crippen LogP contribution in [0.25, 0.3) is 0 Å². The summed E-state index contributed by atoms with van der Waals surface area (Å²) in [5, 5.41) is 16.5. The summed E-state index contributed by atoms with van der Waals surface area (Å²) in [7, 11) is 0. The van der Waals surface area contributed by atoms with Crippen molar-refractivity contribution >= 4 is 5.91 Å². The molecule has 17 heavy (non-hydrogen) atoms. The molecule has 1 aromatic rings. The molecule has 1 saturated heterocycles. The average Bonchev–Trinajstić information content (AvgIpc) is 2.87. The quantitative estimate of drug-likeness (QED) is 0.747. The minimum Gasteiger partial charge on any atom is -0.390 e. The highest BCUT2D eigenvalue weighted by Crippen LogP contribution is 2.10. The molecular formula is C10H16N4O3. The van der Waals surface area contributed by atoms with Crippen molar-refractivity contribution < 1.29 is 14.6 Å². The van der Waals surface area contributed by atoms with E-state index in [9.17, 15) is 4.79 Å². The molecule has 2 rings (SSSR count). The fourth-order valence-electron chi connectivity index (χ4n) is 1.74. The first-order valence-corrected chi connectivity index (χ1v) is 5.60. The van der Waals surface area contributed by atoms with Gasteiger partial charge in [0.25, 0.3) is 0 Å². The van der Waals surface area contributed by atoms with E-state index in [0.29, 0.717) is 32.0 Å². The molecule has 0 bridgehead atoms. The highest BCUT2D eigenvalue weighted by Gasteiger charge is 2.24. The number of ether oxygens (including phenoxy) is 1. The molecule has 0 saturated carbocycles. The number of carbonyl (C=O) groups excluding carboxylic acids is 1. The fraction of sp³-hybridized carbons (Fsp3) is 0.700. The normalized spacial score (nSPS) is 18.1. The highest BCUT2D eigenvalue weighted by atomic mass is 16.5. The molecule has 1 fully saturated rings. The van der Waals surface area contributed by atoms with Crippen LogP contribution in [0.3, 0.4) is 0 Å². The number of hydrogen-bond acceptors (Lipinski definition) is 5. The summed E-state index contributed by atoms with van der Waals surface area (Å²) in [6.45, 7) is 4.00. The van der Waals surface area contributed by atoms with Crippen LogP contribution in [0.5, 0.6) is 0 Å². The van der Waals surface area contributed by atoms with Crippen molar-refractivity contribution in [2.75, 3.05) is 26.3 Å². The van der Waals surface area contributed by atoms with Crippen LogP contribution in [-0.2, 0) is 16.1 Å². The van der Waals surface area contributed by atoms with Gasteiger partial charge in [0.05, 0.1) is 26.0 Å². The lowest BCUT2D eigenvalue weighted by molar-refractivity contribution is -0.138. The van der Waals surface area contributed by atoms with Gasteiger partial charge in [-0.1, -0.05) is 5.21 Å². The number of rotatable bonds is 3. The number of aliphatic hydroxyl groups is 1. The molecule has 94 valence electrons. The first kappa shape index (κ1) is 12.0. The minimum atomic E-state index is -0.402. The second-order valence-electron chi connectivity index (χ2n) is 3.96. The summed E-state index contributed by atoms with van der Waals surface area (Å²) < 4.78 is 6.67. The zero-order chi connectivity index (χ0) is 12.3. The molecule has 7 heteroatoms. The number of aliphatic hydroxyl groups excluding tert-OH is 1. The van der Waals surface area contributed by atoms with Crippen molar-refractivity contribution in [3.05, 3.63) is 11.9 Å². The van der Waals surface area contributed by atoms with Crippen molar-refractivity contribution in [2.45, 2.75) is 19.6 Å². The van der Waals surface area contributed by atoms with E-state index in [2.05, 4.69) is 10.3 Å². The molecule has 1 aromatic heterocycles. The minimum absolute atomic E-state index is 0.00249. The van der Waals surface area contributed by atoms with Gasteiger partial charge in [0.2, 0.25) is 5.91 Å². The van der Waals surface area contributed by atoms with Gasteiger partial charge in [-0.3, -0.25) is 4.79 Å². The van der Waals surface area contributed by atoms with Crippen LogP contribution >= 0.6 is 0 Å². The molecule has 0 aromatic carbocycles. The molecule has 0 aliphatic carbocycles. The van der Waals surface area contributed by atoms with E-state index in [1.165, 1.54) is 4.68 Å². The standard InChI is InChI=1S/C10H16N4O3/c1-8(14-6-9(7-15)11-12-14)10(16)13-2-4-17-5-3-13/h6,8,15H,2-5,7H2,1H3. The van der Waals surface area contributed by atoms with Gasteiger partial charge in [-0.25, -0.2) is 4.68 Å². The van der Waals surface area contributed by atoms with Crippen LogP contribution < -0.4 is 0 Å². The summed E-state index contributed by atoms with van der Waals surface area (Å²) in [4.78, 5) is 13.9. The van der Waals surface area contributed by atoms with Crippen LogP contribution in [0.15, 0.2) is 6.20 Å². The lowest BCUT2D eigenvalue weighted by Gasteiger charge is -2.29. The predicted molar refractivity (Wildman–Crippen MR) is 58.1 cm³/mol. The third-order valence-electron chi connectivity index (χ3n) is 2.80. The highest BCUT2D eigenvalue weighted by molar-refractivity contribution is 5.80. The Labute approximate surface area is 99.0 Å². The molecule has 0 spiro atoms. The van der Waals surface area contributed by atoms with Crippen molar-refractivity contribution in [3.8, 4) is 0 Å². The summed E-state index contributed by atoms with van der Waals surface area (Å²) in [6, 6.07) is -0.402. The lowest BCUT2D eigenvalue weighted by atomic mass is 10.2. The van der Waals surface area contributed by atoms with Crippen molar-refractivity contribution in [3.63, 3.8) is 0 Å². The number of morpholine rings is 1. The van der Waals surface area contributed by atoms with E-state index in [1.54, 1.807) is 18.0 Å². The van der Waals surface area contributed by atoms with Gasteiger partial charge in [0, 0.05) is 13.1 Å². The summed E-state index contributed by atoms with van der Waals surface area (Å²) in [5.41, 5.74) is 0.464. The average molecular weight is 240 g/mol. The third kappa shape index (κ3) is 2.62. The molecule has 7 nitrogen and oxygen atoms in total. The largest absolute Gasteiger partial charge is 0.390 e. The van der Waals surface area contributed by atoms with Gasteiger partial charge in [-0.15, -0.1) is 5.10 Å². The van der Waals surface area contributed by atoms with E-state index >= 15 is 0 Å². The number of hydrogen-bond donors (Lipinski definition) is 1. The Morgan fingerprint density at radius 1 is 1.59 bits per heavy atom. The second kappa shape index (κ2) is 5.24. The number of nitrogens with zero attached hydrogens (tertiary/aromatic N) is 4. The smallest absolute Gasteiger partial charge is 0.247 e. The molecular weight excluding hydrogens is 224 g/mol. The molecule has 0 radical (unpaired) electrons. The Morgan fingerprint density at radius 2 is 2.29 bits per heavy atom. The van der Waals surface area contributed by atoms with Crippen molar-refractivity contribution in [1.82, 2.24) is 19.9 Å². The summed E-state index contributed by atoms with van der Waals surface area (Å²) >= 11 is 0. The summed E-state index contributed by atoms with van der Waals surface area (Å²) in [6.07, 6.45) is 1.59. The van der Waals surface area contributed by atoms with Gasteiger partial charge in [0.15, 0.2) is 0 Å². The van der Waals surface area contributed by atoms with E-state index in [1.807, 2.05) is 0 Å². The van der Waals surface area contributed by atoms with Gasteiger partial charge in [-0.05, 0) is 6.92 Å². The number of amides is 1. The number of aromatic nitrogens is 3. The first-order chi connectivity index (χ1) is 8.22. The van der Waals surface area contributed by atoms with Crippen molar-refractivity contribution in [1.29, 1.82) is 0 Å². The Balaban J connectivity index is 2.02. The molecule has 2 heterocycles. The van der Waals surface area contributed by atoms with E-state index < -0.39 is 6.04 Å². The van der Waals surface area contributed by atoms with Crippen LogP contribution in [0.4, 0.5) is 0 Å². The monoisotopic (exact) mass is 240 g/mol. The van der Waals surface area contributed by atoms with Gasteiger partial charge in [0.1, 0.15) is 11.7 Å². The zero-order valence-corrected chi connectivity index (χ0v) is 9.74. The first-order valence-electron chi connectivity index (χ1n) is 5.60. The van der Waals surface area contributed by atoms with E-state index in [4.69, 9.17) is 9.84 Å². The Morgan fingerprint density at radius 3 is 2.88 bits per heavy atom. The topological polar surface area (TPSA) is 80.5 Å². The molecule has 1 aliphatic heterocycles. The van der Waals surface area contributed by atoms with Gasteiger partial charge < -0.3 is 14.7 Å². The fourth-order valence-corrected chi connectivity index (χ4v) is 1.74. The maximum atomic E-state index is 12.1. The maximum Gasteiger partial charge on any atom is 0.247 e. The second-order valence-corrected chi connectivity index (χ2v) is 3.96. The Bertz CT molecular complexity index is 387. The molecule has 1 aliphatic rings. The van der Waals surface area contributed by atoms with E-state index in [0.717, 1.165) is 0 Å². The van der Waals surface area contributed by atoms with Crippen LogP contribution in [0, 0.1) is 0 Å². The molecule has 1 amide bonds. The Kier molecular flexibility index (Phi) is 3.70. The predicted octanol–water partition coefficient (Wildman–Crippen LogP) is -0.810. The maximum absolute atomic E-state index is 12.1. The molecule has 1 unspecified atom stereocenters. The lowest BCUT2D eigenvalue weighted by Crippen LogP contribution is -2.43. The van der Waals surface area contributed by atoms with Gasteiger partial charge >= 0.3 is 0 Å². The van der Waals surface area contributed by atoms with Crippen LogP contribution in [0.2, 0.25) is 0 Å². The molecule has 1 N–H and O–H groups in total. The van der Waals surface area contributed by atoms with Crippen LogP contribution in [0.1, 0.15) is 18.7 Å². The SMILES string of the molecule is CC(C(=O)N1CCOCC1)n1cc(CO)nn1. The Hall–Kier alpha value is -1.47.